The van der Waals surface area contributed by atoms with Gasteiger partial charge in [0.15, 0.2) is 0 Å². The zero-order valence-corrected chi connectivity index (χ0v) is 13.3. The quantitative estimate of drug-likeness (QED) is 0.825. The molecule has 0 radical (unpaired) electrons. The Kier molecular flexibility index (Phi) is 5.77. The van der Waals surface area contributed by atoms with Crippen molar-refractivity contribution in [2.24, 2.45) is 0 Å². The zero-order chi connectivity index (χ0) is 15.2. The molecule has 1 unspecified atom stereocenters. The van der Waals surface area contributed by atoms with E-state index in [1.165, 1.54) is 23.3 Å². The lowest BCUT2D eigenvalue weighted by molar-refractivity contribution is 0.519. The average molecular weight is 306 g/mol. The number of hydrogen-bond donors (Lipinski definition) is 1. The molecule has 0 aliphatic heterocycles. The minimum Gasteiger partial charge on any atom is -0.314 e. The summed E-state index contributed by atoms with van der Waals surface area (Å²) in [5, 5.41) is 4.09. The first-order chi connectivity index (χ1) is 10.1. The first-order valence-corrected chi connectivity index (χ1v) is 7.69. The maximum atomic E-state index is 13.4. The predicted molar refractivity (Wildman–Crippen MR) is 87.5 cm³/mol. The van der Waals surface area contributed by atoms with Crippen molar-refractivity contribution >= 4 is 11.6 Å². The van der Waals surface area contributed by atoms with Crippen molar-refractivity contribution in [3.8, 4) is 0 Å². The topological polar surface area (TPSA) is 12.0 Å². The molecule has 0 aliphatic rings. The average Bonchev–Trinajstić information content (AvgIpc) is 2.43. The molecule has 0 heterocycles. The lowest BCUT2D eigenvalue weighted by Crippen LogP contribution is -2.33. The van der Waals surface area contributed by atoms with Gasteiger partial charge in [-0.25, -0.2) is 4.39 Å². The summed E-state index contributed by atoms with van der Waals surface area (Å²) in [6.07, 6.45) is 1.63. The summed E-state index contributed by atoms with van der Waals surface area (Å²) in [5.74, 6) is -0.236. The predicted octanol–water partition coefficient (Wildman–Crippen LogP) is 4.55. The molecule has 21 heavy (non-hydrogen) atoms. The highest BCUT2D eigenvalue weighted by Gasteiger charge is 2.12. The number of rotatable bonds is 6. The fraction of sp³-hybridized carbons (Fsp3) is 0.333. The molecule has 3 heteroatoms. The Hall–Kier alpha value is -1.38. The fourth-order valence-electron chi connectivity index (χ4n) is 2.59. The van der Waals surface area contributed by atoms with E-state index in [1.54, 1.807) is 6.07 Å². The lowest BCUT2D eigenvalue weighted by Gasteiger charge is -2.19. The van der Waals surface area contributed by atoms with E-state index in [2.05, 4.69) is 43.4 Å². The van der Waals surface area contributed by atoms with Gasteiger partial charge in [0.05, 0.1) is 0 Å². The van der Waals surface area contributed by atoms with Gasteiger partial charge in [-0.1, -0.05) is 48.4 Å². The molecule has 0 aliphatic carbocycles. The van der Waals surface area contributed by atoms with Gasteiger partial charge in [0.1, 0.15) is 5.82 Å². The summed E-state index contributed by atoms with van der Waals surface area (Å²) in [7, 11) is 0. The molecule has 0 amide bonds. The molecule has 1 N–H and O–H groups in total. The highest BCUT2D eigenvalue weighted by Crippen LogP contribution is 2.20. The Labute approximate surface area is 131 Å². The molecule has 0 saturated heterocycles. The van der Waals surface area contributed by atoms with Crippen molar-refractivity contribution in [2.45, 2.75) is 32.7 Å². The molecule has 0 fully saturated rings. The van der Waals surface area contributed by atoms with Crippen LogP contribution in [0.2, 0.25) is 5.02 Å². The van der Waals surface area contributed by atoms with Gasteiger partial charge >= 0.3 is 0 Å². The second kappa shape index (κ2) is 7.58. The molecule has 2 aromatic rings. The lowest BCUT2D eigenvalue weighted by atomic mass is 9.98. The number of nitrogens with one attached hydrogen (secondary N) is 1. The van der Waals surface area contributed by atoms with Crippen molar-refractivity contribution in [1.82, 2.24) is 5.32 Å². The van der Waals surface area contributed by atoms with Crippen LogP contribution in [0, 0.1) is 12.7 Å². The van der Waals surface area contributed by atoms with Crippen LogP contribution in [0.5, 0.6) is 0 Å². The van der Waals surface area contributed by atoms with Crippen molar-refractivity contribution < 1.29 is 4.39 Å². The Morgan fingerprint density at radius 1 is 1.14 bits per heavy atom. The third kappa shape index (κ3) is 4.83. The summed E-state index contributed by atoms with van der Waals surface area (Å²) in [6.45, 7) is 5.05. The number of aryl methyl sites for hydroxylation is 1. The van der Waals surface area contributed by atoms with Crippen LogP contribution in [0.4, 0.5) is 4.39 Å². The van der Waals surface area contributed by atoms with Crippen LogP contribution in [0.3, 0.4) is 0 Å². The third-order valence-corrected chi connectivity index (χ3v) is 3.90. The van der Waals surface area contributed by atoms with E-state index in [-0.39, 0.29) is 11.9 Å². The van der Waals surface area contributed by atoms with Crippen LogP contribution < -0.4 is 5.32 Å². The van der Waals surface area contributed by atoms with Crippen LogP contribution >= 0.6 is 11.6 Å². The Morgan fingerprint density at radius 2 is 1.95 bits per heavy atom. The smallest absolute Gasteiger partial charge is 0.123 e. The molecule has 1 nitrogen and oxygen atoms in total. The second-order valence-electron chi connectivity index (χ2n) is 5.39. The normalized spacial score (nSPS) is 12.4. The first kappa shape index (κ1) is 16.0. The van der Waals surface area contributed by atoms with Crippen LogP contribution in [0.15, 0.2) is 42.5 Å². The van der Waals surface area contributed by atoms with Gasteiger partial charge in [0.2, 0.25) is 0 Å². The van der Waals surface area contributed by atoms with E-state index in [0.29, 0.717) is 5.02 Å². The molecule has 112 valence electrons. The summed E-state index contributed by atoms with van der Waals surface area (Å²) >= 11 is 6.17. The van der Waals surface area contributed by atoms with Crippen LogP contribution in [-0.2, 0) is 12.8 Å². The summed E-state index contributed by atoms with van der Waals surface area (Å²) in [6, 6.07) is 13.3. The van der Waals surface area contributed by atoms with Gasteiger partial charge in [-0.3, -0.25) is 0 Å². The van der Waals surface area contributed by atoms with Crippen molar-refractivity contribution in [3.05, 3.63) is 70.0 Å². The molecule has 1 atom stereocenters. The molecule has 0 aromatic heterocycles. The van der Waals surface area contributed by atoms with E-state index in [0.717, 1.165) is 24.9 Å². The van der Waals surface area contributed by atoms with Crippen molar-refractivity contribution in [1.29, 1.82) is 0 Å². The second-order valence-corrected chi connectivity index (χ2v) is 5.79. The minimum atomic E-state index is -0.236. The van der Waals surface area contributed by atoms with Gasteiger partial charge in [0.25, 0.3) is 0 Å². The summed E-state index contributed by atoms with van der Waals surface area (Å²) in [4.78, 5) is 0. The van der Waals surface area contributed by atoms with Crippen LogP contribution in [0.25, 0.3) is 0 Å². The zero-order valence-electron chi connectivity index (χ0n) is 12.5. The standard InChI is InChI=1S/C18H21ClFN/c1-3-21-17(10-14-6-4-5-13(2)9-14)12-15-11-16(20)7-8-18(15)19/h4-9,11,17,21H,3,10,12H2,1-2H3. The maximum Gasteiger partial charge on any atom is 0.123 e. The molecule has 2 aromatic carbocycles. The molecule has 2 rings (SSSR count). The van der Waals surface area contributed by atoms with Gasteiger partial charge < -0.3 is 5.32 Å². The van der Waals surface area contributed by atoms with Crippen molar-refractivity contribution in [2.75, 3.05) is 6.54 Å². The number of halogens is 2. The van der Waals surface area contributed by atoms with E-state index >= 15 is 0 Å². The minimum absolute atomic E-state index is 0.236. The molecule has 0 bridgehead atoms. The van der Waals surface area contributed by atoms with Gasteiger partial charge in [-0.2, -0.15) is 0 Å². The highest BCUT2D eigenvalue weighted by atomic mass is 35.5. The van der Waals surface area contributed by atoms with E-state index in [9.17, 15) is 4.39 Å². The first-order valence-electron chi connectivity index (χ1n) is 7.31. The van der Waals surface area contributed by atoms with E-state index < -0.39 is 0 Å². The Balaban J connectivity index is 2.13. The molecular weight excluding hydrogens is 285 g/mol. The largest absolute Gasteiger partial charge is 0.314 e. The fourth-order valence-corrected chi connectivity index (χ4v) is 2.79. The Bertz CT molecular complexity index is 598. The van der Waals surface area contributed by atoms with Crippen molar-refractivity contribution in [3.63, 3.8) is 0 Å². The summed E-state index contributed by atoms with van der Waals surface area (Å²) in [5.41, 5.74) is 3.40. The monoisotopic (exact) mass is 305 g/mol. The Morgan fingerprint density at radius 3 is 2.67 bits per heavy atom. The highest BCUT2D eigenvalue weighted by molar-refractivity contribution is 6.31. The molecule has 0 spiro atoms. The third-order valence-electron chi connectivity index (χ3n) is 3.53. The van der Waals surface area contributed by atoms with Crippen LogP contribution in [0.1, 0.15) is 23.6 Å². The summed E-state index contributed by atoms with van der Waals surface area (Å²) < 4.78 is 13.4. The SMILES string of the molecule is CCNC(Cc1cccc(C)c1)Cc1cc(F)ccc1Cl. The molecular formula is C18H21ClFN. The van der Waals surface area contributed by atoms with Gasteiger partial charge in [-0.05, 0) is 55.6 Å². The number of likely N-dealkylation sites (N-methyl/N-ethyl adjacent to an activating group) is 1. The number of hydrogen-bond acceptors (Lipinski definition) is 1. The van der Waals surface area contributed by atoms with Crippen LogP contribution in [-0.4, -0.2) is 12.6 Å². The van der Waals surface area contributed by atoms with E-state index in [4.69, 9.17) is 11.6 Å². The molecule has 0 saturated carbocycles. The maximum absolute atomic E-state index is 13.4. The van der Waals surface area contributed by atoms with Gasteiger partial charge in [0, 0.05) is 11.1 Å². The van der Waals surface area contributed by atoms with E-state index in [1.807, 2.05) is 0 Å². The number of benzene rings is 2. The van der Waals surface area contributed by atoms with Gasteiger partial charge in [-0.15, -0.1) is 0 Å².